The van der Waals surface area contributed by atoms with Gasteiger partial charge >= 0.3 is 0 Å². The van der Waals surface area contributed by atoms with Gasteiger partial charge < -0.3 is 14.6 Å². The molecule has 0 unspecified atom stereocenters. The van der Waals surface area contributed by atoms with E-state index in [-0.39, 0.29) is 6.54 Å². The molecule has 3 amide bonds. The van der Waals surface area contributed by atoms with E-state index in [4.69, 9.17) is 4.74 Å². The molecule has 4 rings (SSSR count). The molecule has 3 aromatic rings. The number of benzene rings is 2. The second-order valence-corrected chi connectivity index (χ2v) is 9.95. The number of methoxy groups -OCH3 is 1. The fourth-order valence-corrected chi connectivity index (χ4v) is 4.96. The number of carbonyl (C=O) groups is 3. The van der Waals surface area contributed by atoms with Gasteiger partial charge in [0.05, 0.1) is 12.0 Å². The molecule has 1 N–H and O–H groups in total. The van der Waals surface area contributed by atoms with Crippen molar-refractivity contribution in [3.05, 3.63) is 82.0 Å². The summed E-state index contributed by atoms with van der Waals surface area (Å²) in [5.41, 5.74) is 5.52. The number of anilines is 1. The van der Waals surface area contributed by atoms with Gasteiger partial charge in [-0.2, -0.15) is 0 Å². The third-order valence-electron chi connectivity index (χ3n) is 6.12. The van der Waals surface area contributed by atoms with Crippen LogP contribution in [-0.4, -0.2) is 40.2 Å². The van der Waals surface area contributed by atoms with E-state index < -0.39 is 17.1 Å². The molecule has 2 aromatic carbocycles. The highest BCUT2D eigenvalue weighted by molar-refractivity contribution is 8.18. The summed E-state index contributed by atoms with van der Waals surface area (Å²) in [4.78, 5) is 39.4. The normalized spacial score (nSPS) is 14.7. The van der Waals surface area contributed by atoms with Crippen molar-refractivity contribution in [2.75, 3.05) is 19.0 Å². The molecule has 1 aliphatic heterocycles. The van der Waals surface area contributed by atoms with Crippen molar-refractivity contribution in [2.24, 2.45) is 0 Å². The smallest absolute Gasteiger partial charge is 0.294 e. The molecule has 0 spiro atoms. The van der Waals surface area contributed by atoms with Gasteiger partial charge in [0.25, 0.3) is 11.1 Å². The zero-order valence-corrected chi connectivity index (χ0v) is 21.8. The molecule has 0 aliphatic carbocycles. The van der Waals surface area contributed by atoms with Crippen molar-refractivity contribution in [3.8, 4) is 11.4 Å². The van der Waals surface area contributed by atoms with Crippen molar-refractivity contribution in [2.45, 2.75) is 33.6 Å². The van der Waals surface area contributed by atoms with Gasteiger partial charge in [-0.25, -0.2) is 0 Å². The number of rotatable bonds is 7. The number of ether oxygens (including phenoxy) is 1. The maximum atomic E-state index is 13.0. The van der Waals surface area contributed by atoms with Gasteiger partial charge in [-0.05, 0) is 91.2 Å². The summed E-state index contributed by atoms with van der Waals surface area (Å²) in [6.45, 7) is 7.80. The van der Waals surface area contributed by atoms with E-state index in [0.29, 0.717) is 16.5 Å². The van der Waals surface area contributed by atoms with Crippen LogP contribution >= 0.6 is 11.8 Å². The molecule has 0 atom stereocenters. The molecule has 7 nitrogen and oxygen atoms in total. The topological polar surface area (TPSA) is 80.6 Å². The zero-order valence-electron chi connectivity index (χ0n) is 21.0. The predicted octanol–water partition coefficient (Wildman–Crippen LogP) is 5.90. The Labute approximate surface area is 215 Å². The monoisotopic (exact) mass is 503 g/mol. The Kier molecular flexibility index (Phi) is 7.35. The van der Waals surface area contributed by atoms with E-state index in [1.807, 2.05) is 68.4 Å². The van der Waals surface area contributed by atoms with Crippen LogP contribution in [0, 0.1) is 13.8 Å². The summed E-state index contributed by atoms with van der Waals surface area (Å²) in [5, 5.41) is 2.30. The molecule has 1 saturated heterocycles. The number of imide groups is 1. The van der Waals surface area contributed by atoms with Crippen molar-refractivity contribution < 1.29 is 19.1 Å². The first kappa shape index (κ1) is 25.3. The number of aromatic nitrogens is 1. The SMILES string of the molecule is COc1ccc(-n2c(C)cc(/C=C3\SC(=O)N(CC(=O)Nc4ccc(C(C)C)cc4)C3=O)c2C)cc1. The number of carbonyl (C=O) groups excluding carboxylic acids is 3. The Hall–Kier alpha value is -3.78. The Bertz CT molecular complexity index is 1340. The fourth-order valence-electron chi connectivity index (χ4n) is 4.14. The van der Waals surface area contributed by atoms with Crippen LogP contribution in [0.1, 0.15) is 42.3 Å². The molecular weight excluding hydrogens is 474 g/mol. The second-order valence-electron chi connectivity index (χ2n) is 8.95. The van der Waals surface area contributed by atoms with Gasteiger partial charge in [0.15, 0.2) is 0 Å². The summed E-state index contributed by atoms with van der Waals surface area (Å²) in [6, 6.07) is 17.2. The summed E-state index contributed by atoms with van der Waals surface area (Å²) in [7, 11) is 1.62. The molecule has 0 saturated carbocycles. The van der Waals surface area contributed by atoms with Crippen molar-refractivity contribution in [1.29, 1.82) is 0 Å². The van der Waals surface area contributed by atoms with Crippen LogP contribution in [0.5, 0.6) is 5.75 Å². The molecule has 8 heteroatoms. The molecular formula is C28H29N3O4S. The van der Waals surface area contributed by atoms with Crippen LogP contribution in [0.15, 0.2) is 59.5 Å². The number of aryl methyl sites for hydroxylation is 1. The Morgan fingerprint density at radius 3 is 2.33 bits per heavy atom. The first-order valence-electron chi connectivity index (χ1n) is 11.7. The molecule has 0 bridgehead atoms. The third-order valence-corrected chi connectivity index (χ3v) is 7.03. The number of hydrogen-bond donors (Lipinski definition) is 1. The predicted molar refractivity (Wildman–Crippen MR) is 144 cm³/mol. The van der Waals surface area contributed by atoms with Crippen LogP contribution in [0.3, 0.4) is 0 Å². The van der Waals surface area contributed by atoms with Gasteiger partial charge in [-0.3, -0.25) is 19.3 Å². The molecule has 186 valence electrons. The summed E-state index contributed by atoms with van der Waals surface area (Å²) < 4.78 is 7.32. The van der Waals surface area contributed by atoms with Crippen LogP contribution in [0.4, 0.5) is 10.5 Å². The minimum atomic E-state index is -0.468. The number of nitrogens with zero attached hydrogens (tertiary/aromatic N) is 2. The quantitative estimate of drug-likeness (QED) is 0.406. The van der Waals surface area contributed by atoms with E-state index in [9.17, 15) is 14.4 Å². The summed E-state index contributed by atoms with van der Waals surface area (Å²) in [6.07, 6.45) is 1.72. The first-order chi connectivity index (χ1) is 17.2. The van der Waals surface area contributed by atoms with Crippen LogP contribution in [0.2, 0.25) is 0 Å². The highest BCUT2D eigenvalue weighted by Crippen LogP contribution is 2.34. The van der Waals surface area contributed by atoms with Gasteiger partial charge in [-0.15, -0.1) is 0 Å². The van der Waals surface area contributed by atoms with Crippen molar-refractivity contribution >= 4 is 40.6 Å². The molecule has 1 fully saturated rings. The molecule has 2 heterocycles. The molecule has 1 aliphatic rings. The highest BCUT2D eigenvalue weighted by Gasteiger charge is 2.36. The van der Waals surface area contributed by atoms with Gasteiger partial charge in [-0.1, -0.05) is 26.0 Å². The number of nitrogens with one attached hydrogen (secondary N) is 1. The maximum absolute atomic E-state index is 13.0. The van der Waals surface area contributed by atoms with E-state index in [0.717, 1.165) is 50.6 Å². The molecule has 0 radical (unpaired) electrons. The fraction of sp³-hybridized carbons (Fsp3) is 0.250. The lowest BCUT2D eigenvalue weighted by atomic mass is 10.0. The van der Waals surface area contributed by atoms with E-state index >= 15 is 0 Å². The number of hydrogen-bond acceptors (Lipinski definition) is 5. The molecule has 1 aromatic heterocycles. The Balaban J connectivity index is 1.48. The highest BCUT2D eigenvalue weighted by atomic mass is 32.2. The Morgan fingerprint density at radius 2 is 1.72 bits per heavy atom. The van der Waals surface area contributed by atoms with Crippen LogP contribution in [-0.2, 0) is 9.59 Å². The average Bonchev–Trinajstić information content (AvgIpc) is 3.28. The minimum Gasteiger partial charge on any atom is -0.497 e. The zero-order chi connectivity index (χ0) is 26.0. The lowest BCUT2D eigenvalue weighted by Gasteiger charge is -2.13. The van der Waals surface area contributed by atoms with Gasteiger partial charge in [0, 0.05) is 22.8 Å². The van der Waals surface area contributed by atoms with Gasteiger partial charge in [0.2, 0.25) is 5.91 Å². The number of thioether (sulfide) groups is 1. The van der Waals surface area contributed by atoms with E-state index in [2.05, 4.69) is 23.7 Å². The lowest BCUT2D eigenvalue weighted by molar-refractivity contribution is -0.127. The lowest BCUT2D eigenvalue weighted by Crippen LogP contribution is -2.36. The Morgan fingerprint density at radius 1 is 1.06 bits per heavy atom. The summed E-state index contributed by atoms with van der Waals surface area (Å²) in [5.74, 6) is 0.266. The van der Waals surface area contributed by atoms with Crippen LogP contribution < -0.4 is 10.1 Å². The second kappa shape index (κ2) is 10.5. The standard InChI is InChI=1S/C28H29N3O4S/c1-17(2)20-6-8-22(9-7-20)29-26(32)16-30-27(33)25(36-28(30)34)15-21-14-18(3)31(19(21)4)23-10-12-24(35-5)13-11-23/h6-15,17H,16H2,1-5H3,(H,29,32)/b25-15-. The average molecular weight is 504 g/mol. The van der Waals surface area contributed by atoms with Crippen molar-refractivity contribution in [3.63, 3.8) is 0 Å². The van der Waals surface area contributed by atoms with E-state index in [1.165, 1.54) is 0 Å². The maximum Gasteiger partial charge on any atom is 0.294 e. The number of amides is 3. The molecule has 36 heavy (non-hydrogen) atoms. The van der Waals surface area contributed by atoms with E-state index in [1.54, 1.807) is 13.2 Å². The minimum absolute atomic E-state index is 0.295. The van der Waals surface area contributed by atoms with Crippen molar-refractivity contribution in [1.82, 2.24) is 9.47 Å². The van der Waals surface area contributed by atoms with Crippen LogP contribution in [0.25, 0.3) is 11.8 Å². The van der Waals surface area contributed by atoms with Gasteiger partial charge in [0.1, 0.15) is 12.3 Å². The first-order valence-corrected chi connectivity index (χ1v) is 12.5. The third kappa shape index (κ3) is 5.23. The largest absolute Gasteiger partial charge is 0.497 e. The summed E-state index contributed by atoms with van der Waals surface area (Å²) >= 11 is 0.847.